The van der Waals surface area contributed by atoms with E-state index < -0.39 is 0 Å². The molecule has 1 heterocycles. The van der Waals surface area contributed by atoms with Gasteiger partial charge < -0.3 is 15.0 Å². The molecule has 2 amide bonds. The Kier molecular flexibility index (Phi) is 5.07. The van der Waals surface area contributed by atoms with Crippen molar-refractivity contribution >= 4 is 11.8 Å². The molecule has 2 unspecified atom stereocenters. The van der Waals surface area contributed by atoms with E-state index in [1.54, 1.807) is 7.11 Å². The zero-order valence-corrected chi connectivity index (χ0v) is 16.4. The lowest BCUT2D eigenvalue weighted by Crippen LogP contribution is -2.36. The molecule has 28 heavy (non-hydrogen) atoms. The number of nitrogens with one attached hydrogen (secondary N) is 1. The Balaban J connectivity index is 1.57. The first-order valence-corrected chi connectivity index (χ1v) is 9.85. The second-order valence-electron chi connectivity index (χ2n) is 7.85. The predicted molar refractivity (Wildman–Crippen MR) is 107 cm³/mol. The van der Waals surface area contributed by atoms with Gasteiger partial charge in [0, 0.05) is 30.6 Å². The maximum Gasteiger partial charge on any atom is 0.253 e. The van der Waals surface area contributed by atoms with Crippen molar-refractivity contribution in [3.8, 4) is 5.75 Å². The monoisotopic (exact) mass is 378 g/mol. The lowest BCUT2D eigenvalue weighted by Gasteiger charge is -2.18. The molecule has 5 nitrogen and oxygen atoms in total. The van der Waals surface area contributed by atoms with Crippen molar-refractivity contribution in [2.24, 2.45) is 5.92 Å². The molecule has 1 aliphatic heterocycles. The lowest BCUT2D eigenvalue weighted by molar-refractivity contribution is -0.125. The van der Waals surface area contributed by atoms with Crippen molar-refractivity contribution in [1.82, 2.24) is 10.2 Å². The summed E-state index contributed by atoms with van der Waals surface area (Å²) in [4.78, 5) is 27.7. The zero-order chi connectivity index (χ0) is 19.7. The zero-order valence-electron chi connectivity index (χ0n) is 16.4. The highest BCUT2D eigenvalue weighted by Gasteiger charge is 2.41. The van der Waals surface area contributed by atoms with E-state index in [0.717, 1.165) is 29.7 Å². The maximum absolute atomic E-state index is 13.0. The summed E-state index contributed by atoms with van der Waals surface area (Å²) in [6.07, 6.45) is 2.11. The van der Waals surface area contributed by atoms with Gasteiger partial charge in [0.15, 0.2) is 0 Å². The standard InChI is InChI=1S/C23H26N2O3/c1-15-3-5-17(6-4-15)23(27)25-13-20(16-7-11-19(28-2)12-8-16)21(14-25)22(26)24-18-9-10-18/h3-8,11-12,18,20-21H,9-10,13-14H2,1-2H3,(H,24,26). The van der Waals surface area contributed by atoms with Gasteiger partial charge >= 0.3 is 0 Å². The van der Waals surface area contributed by atoms with E-state index in [-0.39, 0.29) is 23.7 Å². The van der Waals surface area contributed by atoms with Gasteiger partial charge in [-0.25, -0.2) is 0 Å². The predicted octanol–water partition coefficient (Wildman–Crippen LogP) is 3.14. The summed E-state index contributed by atoms with van der Waals surface area (Å²) < 4.78 is 5.25. The molecular weight excluding hydrogens is 352 g/mol. The molecule has 0 aromatic heterocycles. The quantitative estimate of drug-likeness (QED) is 0.870. The third-order valence-corrected chi connectivity index (χ3v) is 5.71. The summed E-state index contributed by atoms with van der Waals surface area (Å²) in [6, 6.07) is 15.7. The molecular formula is C23H26N2O3. The normalized spacial score (nSPS) is 21.4. The van der Waals surface area contributed by atoms with Crippen LogP contribution in [-0.4, -0.2) is 43.0 Å². The third-order valence-electron chi connectivity index (χ3n) is 5.71. The van der Waals surface area contributed by atoms with Crippen LogP contribution in [0.3, 0.4) is 0 Å². The molecule has 1 saturated carbocycles. The molecule has 1 N–H and O–H groups in total. The molecule has 0 bridgehead atoms. The van der Waals surface area contributed by atoms with Gasteiger partial charge in [-0.1, -0.05) is 29.8 Å². The van der Waals surface area contributed by atoms with Crippen LogP contribution in [0.2, 0.25) is 0 Å². The first-order chi connectivity index (χ1) is 13.5. The van der Waals surface area contributed by atoms with Crippen molar-refractivity contribution in [2.75, 3.05) is 20.2 Å². The smallest absolute Gasteiger partial charge is 0.253 e. The molecule has 0 spiro atoms. The van der Waals surface area contributed by atoms with Crippen molar-refractivity contribution in [3.63, 3.8) is 0 Å². The van der Waals surface area contributed by atoms with Gasteiger partial charge in [0.05, 0.1) is 13.0 Å². The number of carbonyl (C=O) groups excluding carboxylic acids is 2. The lowest BCUT2D eigenvalue weighted by atomic mass is 9.88. The maximum atomic E-state index is 13.0. The number of ether oxygens (including phenoxy) is 1. The molecule has 0 radical (unpaired) electrons. The number of rotatable bonds is 5. The molecule has 146 valence electrons. The number of likely N-dealkylation sites (tertiary alicyclic amines) is 1. The summed E-state index contributed by atoms with van der Waals surface area (Å²) in [5.41, 5.74) is 2.86. The first-order valence-electron chi connectivity index (χ1n) is 9.85. The average molecular weight is 378 g/mol. The van der Waals surface area contributed by atoms with E-state index in [1.165, 1.54) is 0 Å². The van der Waals surface area contributed by atoms with Crippen molar-refractivity contribution in [1.29, 1.82) is 0 Å². The second kappa shape index (κ2) is 7.66. The van der Waals surface area contributed by atoms with Gasteiger partial charge in [0.25, 0.3) is 5.91 Å². The van der Waals surface area contributed by atoms with Crippen molar-refractivity contribution in [3.05, 3.63) is 65.2 Å². The van der Waals surface area contributed by atoms with E-state index in [1.807, 2.05) is 60.4 Å². The fourth-order valence-corrected chi connectivity index (χ4v) is 3.84. The van der Waals surface area contributed by atoms with Crippen LogP contribution in [0.5, 0.6) is 5.75 Å². The van der Waals surface area contributed by atoms with E-state index in [0.29, 0.717) is 24.7 Å². The molecule has 1 saturated heterocycles. The number of carbonyl (C=O) groups is 2. The van der Waals surface area contributed by atoms with Crippen LogP contribution < -0.4 is 10.1 Å². The van der Waals surface area contributed by atoms with Crippen LogP contribution in [0.1, 0.15) is 40.2 Å². The number of benzene rings is 2. The Labute approximate surface area is 165 Å². The Hall–Kier alpha value is -2.82. The molecule has 5 heteroatoms. The van der Waals surface area contributed by atoms with Gasteiger partial charge in [-0.2, -0.15) is 0 Å². The van der Waals surface area contributed by atoms with Crippen LogP contribution in [0.15, 0.2) is 48.5 Å². The van der Waals surface area contributed by atoms with Crippen LogP contribution in [0.25, 0.3) is 0 Å². The highest BCUT2D eigenvalue weighted by Crippen LogP contribution is 2.35. The van der Waals surface area contributed by atoms with Crippen LogP contribution in [0.4, 0.5) is 0 Å². The molecule has 2 aliphatic rings. The minimum Gasteiger partial charge on any atom is -0.497 e. The molecule has 2 aromatic carbocycles. The molecule has 2 fully saturated rings. The van der Waals surface area contributed by atoms with E-state index >= 15 is 0 Å². The van der Waals surface area contributed by atoms with Gasteiger partial charge in [-0.15, -0.1) is 0 Å². The van der Waals surface area contributed by atoms with E-state index in [2.05, 4.69) is 5.32 Å². The first kappa shape index (κ1) is 18.5. The molecule has 2 aromatic rings. The summed E-state index contributed by atoms with van der Waals surface area (Å²) in [5.74, 6) is 0.582. The Morgan fingerprint density at radius 3 is 2.29 bits per heavy atom. The SMILES string of the molecule is COc1ccc(C2CN(C(=O)c3ccc(C)cc3)CC2C(=O)NC2CC2)cc1. The molecule has 4 rings (SSSR count). The number of nitrogens with zero attached hydrogens (tertiary/aromatic N) is 1. The highest BCUT2D eigenvalue weighted by atomic mass is 16.5. The summed E-state index contributed by atoms with van der Waals surface area (Å²) in [7, 11) is 1.64. The number of methoxy groups -OCH3 is 1. The van der Waals surface area contributed by atoms with Crippen LogP contribution in [-0.2, 0) is 4.79 Å². The number of hydrogen-bond donors (Lipinski definition) is 1. The fraction of sp³-hybridized carbons (Fsp3) is 0.391. The van der Waals surface area contributed by atoms with Crippen LogP contribution >= 0.6 is 0 Å². The van der Waals surface area contributed by atoms with Gasteiger partial charge in [0.2, 0.25) is 5.91 Å². The van der Waals surface area contributed by atoms with Crippen LogP contribution in [0, 0.1) is 12.8 Å². The average Bonchev–Trinajstić information content (AvgIpc) is 3.42. The second-order valence-corrected chi connectivity index (χ2v) is 7.85. The highest BCUT2D eigenvalue weighted by molar-refractivity contribution is 5.95. The van der Waals surface area contributed by atoms with Gasteiger partial charge in [0.1, 0.15) is 5.75 Å². The Morgan fingerprint density at radius 2 is 1.68 bits per heavy atom. The van der Waals surface area contributed by atoms with E-state index in [4.69, 9.17) is 4.74 Å². The van der Waals surface area contributed by atoms with Crippen molar-refractivity contribution < 1.29 is 14.3 Å². The summed E-state index contributed by atoms with van der Waals surface area (Å²) >= 11 is 0. The van der Waals surface area contributed by atoms with Crippen molar-refractivity contribution in [2.45, 2.75) is 31.7 Å². The fourth-order valence-electron chi connectivity index (χ4n) is 3.84. The minimum absolute atomic E-state index is 0.0137. The largest absolute Gasteiger partial charge is 0.497 e. The minimum atomic E-state index is -0.233. The topological polar surface area (TPSA) is 58.6 Å². The van der Waals surface area contributed by atoms with Gasteiger partial charge in [-0.3, -0.25) is 9.59 Å². The summed E-state index contributed by atoms with van der Waals surface area (Å²) in [5, 5.41) is 3.12. The van der Waals surface area contributed by atoms with Gasteiger partial charge in [-0.05, 0) is 49.6 Å². The Bertz CT molecular complexity index is 856. The Morgan fingerprint density at radius 1 is 1.00 bits per heavy atom. The summed E-state index contributed by atoms with van der Waals surface area (Å²) in [6.45, 7) is 2.99. The molecule has 2 atom stereocenters. The van der Waals surface area contributed by atoms with E-state index in [9.17, 15) is 9.59 Å². The third kappa shape index (κ3) is 3.88. The number of aryl methyl sites for hydroxylation is 1. The molecule has 1 aliphatic carbocycles. The number of hydrogen-bond acceptors (Lipinski definition) is 3. The number of amides is 2.